The molecule has 3 aliphatic rings. The van der Waals surface area contributed by atoms with Crippen LogP contribution < -0.4 is 0 Å². The van der Waals surface area contributed by atoms with Gasteiger partial charge in [0, 0.05) is 44.5 Å². The van der Waals surface area contributed by atoms with Gasteiger partial charge in [0.05, 0.1) is 19.4 Å². The second kappa shape index (κ2) is 7.14. The molecule has 0 radical (unpaired) electrons. The molecule has 0 N–H and O–H groups in total. The standard InChI is InChI=1S/C19H31N3O2/c1-21-11-17(10-20-21)12-22-7-4-19(5-8-22)6-9-23-14-18(19)15-24-13-16-2-3-16/h10-11,16,18H,2-9,12-15H2,1H3. The first-order valence-corrected chi connectivity index (χ1v) is 9.59. The van der Waals surface area contributed by atoms with Crippen molar-refractivity contribution in [2.45, 2.75) is 38.6 Å². The zero-order valence-corrected chi connectivity index (χ0v) is 15.0. The third kappa shape index (κ3) is 3.84. The van der Waals surface area contributed by atoms with E-state index >= 15 is 0 Å². The molecule has 5 nitrogen and oxygen atoms in total. The molecule has 5 heteroatoms. The number of aryl methyl sites for hydroxylation is 1. The van der Waals surface area contributed by atoms with Crippen LogP contribution in [0.2, 0.25) is 0 Å². The number of rotatable bonds is 6. The summed E-state index contributed by atoms with van der Waals surface area (Å²) in [6.45, 7) is 7.11. The van der Waals surface area contributed by atoms with Gasteiger partial charge in [0.1, 0.15) is 0 Å². The Labute approximate surface area is 145 Å². The van der Waals surface area contributed by atoms with Crippen LogP contribution in [0.3, 0.4) is 0 Å². The van der Waals surface area contributed by atoms with Gasteiger partial charge in [-0.25, -0.2) is 0 Å². The summed E-state index contributed by atoms with van der Waals surface area (Å²) in [5.74, 6) is 1.44. The summed E-state index contributed by atoms with van der Waals surface area (Å²) in [5, 5.41) is 4.29. The zero-order chi connectivity index (χ0) is 16.4. The first-order chi connectivity index (χ1) is 11.7. The summed E-state index contributed by atoms with van der Waals surface area (Å²) in [6, 6.07) is 0. The number of hydrogen-bond donors (Lipinski definition) is 0. The van der Waals surface area contributed by atoms with Crippen molar-refractivity contribution >= 4 is 0 Å². The Hall–Kier alpha value is -0.910. The highest BCUT2D eigenvalue weighted by Crippen LogP contribution is 2.45. The molecule has 1 saturated carbocycles. The molecular weight excluding hydrogens is 302 g/mol. The molecule has 4 rings (SSSR count). The summed E-state index contributed by atoms with van der Waals surface area (Å²) < 4.78 is 13.7. The average Bonchev–Trinajstić information content (AvgIpc) is 3.33. The van der Waals surface area contributed by atoms with E-state index in [2.05, 4.69) is 16.2 Å². The van der Waals surface area contributed by atoms with Crippen LogP contribution in [0.25, 0.3) is 0 Å². The van der Waals surface area contributed by atoms with Gasteiger partial charge < -0.3 is 9.47 Å². The van der Waals surface area contributed by atoms with Crippen molar-refractivity contribution in [1.29, 1.82) is 0 Å². The highest BCUT2D eigenvalue weighted by Gasteiger charge is 2.43. The molecule has 1 aromatic rings. The van der Waals surface area contributed by atoms with E-state index in [0.717, 1.165) is 38.9 Å². The largest absolute Gasteiger partial charge is 0.381 e. The van der Waals surface area contributed by atoms with E-state index in [9.17, 15) is 0 Å². The van der Waals surface area contributed by atoms with E-state index in [1.165, 1.54) is 50.8 Å². The Kier molecular flexibility index (Phi) is 4.93. The molecule has 2 aliphatic heterocycles. The molecule has 3 heterocycles. The lowest BCUT2D eigenvalue weighted by Crippen LogP contribution is -2.49. The van der Waals surface area contributed by atoms with E-state index in [1.54, 1.807) is 0 Å². The predicted molar refractivity (Wildman–Crippen MR) is 92.6 cm³/mol. The minimum atomic E-state index is 0.452. The highest BCUT2D eigenvalue weighted by molar-refractivity contribution is 5.04. The summed E-state index contributed by atoms with van der Waals surface area (Å²) in [7, 11) is 1.99. The first-order valence-electron chi connectivity index (χ1n) is 9.59. The van der Waals surface area contributed by atoms with Gasteiger partial charge in [-0.2, -0.15) is 5.10 Å². The van der Waals surface area contributed by atoms with E-state index < -0.39 is 0 Å². The third-order valence-corrected chi connectivity index (χ3v) is 6.32. The van der Waals surface area contributed by atoms with Crippen LogP contribution in [-0.2, 0) is 23.1 Å². The minimum Gasteiger partial charge on any atom is -0.381 e. The van der Waals surface area contributed by atoms with E-state index in [0.29, 0.717) is 11.3 Å². The summed E-state index contributed by atoms with van der Waals surface area (Å²) in [5.41, 5.74) is 1.78. The number of piperidine rings is 1. The molecule has 2 saturated heterocycles. The van der Waals surface area contributed by atoms with Crippen LogP contribution in [0.4, 0.5) is 0 Å². The molecule has 1 aliphatic carbocycles. The van der Waals surface area contributed by atoms with Crippen LogP contribution in [-0.4, -0.2) is 54.2 Å². The number of nitrogens with zero attached hydrogens (tertiary/aromatic N) is 3. The quantitative estimate of drug-likeness (QED) is 0.802. The Morgan fingerprint density at radius 1 is 1.25 bits per heavy atom. The van der Waals surface area contributed by atoms with Crippen molar-refractivity contribution in [3.8, 4) is 0 Å². The van der Waals surface area contributed by atoms with Gasteiger partial charge in [-0.3, -0.25) is 9.58 Å². The second-order valence-corrected chi connectivity index (χ2v) is 8.16. The number of hydrogen-bond acceptors (Lipinski definition) is 4. The Bertz CT molecular complexity index is 532. The fourth-order valence-corrected chi connectivity index (χ4v) is 4.39. The van der Waals surface area contributed by atoms with E-state index in [4.69, 9.17) is 9.47 Å². The normalized spacial score (nSPS) is 27.6. The maximum Gasteiger partial charge on any atom is 0.0534 e. The third-order valence-electron chi connectivity index (χ3n) is 6.32. The molecule has 1 spiro atoms. The lowest BCUT2D eigenvalue weighted by Gasteiger charge is -2.49. The number of ether oxygens (including phenoxy) is 2. The minimum absolute atomic E-state index is 0.452. The molecule has 0 bridgehead atoms. The molecule has 3 fully saturated rings. The fraction of sp³-hybridized carbons (Fsp3) is 0.842. The van der Waals surface area contributed by atoms with Crippen molar-refractivity contribution < 1.29 is 9.47 Å². The monoisotopic (exact) mass is 333 g/mol. The predicted octanol–water partition coefficient (Wildman–Crippen LogP) is 2.47. The molecule has 0 amide bonds. The Morgan fingerprint density at radius 2 is 2.08 bits per heavy atom. The van der Waals surface area contributed by atoms with Crippen LogP contribution in [0.15, 0.2) is 12.4 Å². The number of likely N-dealkylation sites (tertiary alicyclic amines) is 1. The zero-order valence-electron chi connectivity index (χ0n) is 15.0. The van der Waals surface area contributed by atoms with Crippen molar-refractivity contribution in [3.63, 3.8) is 0 Å². The fourth-order valence-electron chi connectivity index (χ4n) is 4.39. The summed E-state index contributed by atoms with van der Waals surface area (Å²) in [4.78, 5) is 2.58. The Morgan fingerprint density at radius 3 is 2.79 bits per heavy atom. The van der Waals surface area contributed by atoms with Crippen LogP contribution in [0.5, 0.6) is 0 Å². The van der Waals surface area contributed by atoms with Gasteiger partial charge >= 0.3 is 0 Å². The molecule has 1 unspecified atom stereocenters. The highest BCUT2D eigenvalue weighted by atomic mass is 16.5. The SMILES string of the molecule is Cn1cc(CN2CCC3(CCOCC3COCC3CC3)CC2)cn1. The van der Waals surface area contributed by atoms with Gasteiger partial charge in [0.15, 0.2) is 0 Å². The Balaban J connectivity index is 1.30. The smallest absolute Gasteiger partial charge is 0.0534 e. The summed E-state index contributed by atoms with van der Waals surface area (Å²) >= 11 is 0. The van der Waals surface area contributed by atoms with Crippen LogP contribution >= 0.6 is 0 Å². The van der Waals surface area contributed by atoms with E-state index in [-0.39, 0.29) is 0 Å². The molecule has 1 aromatic heterocycles. The van der Waals surface area contributed by atoms with Crippen molar-refractivity contribution in [2.75, 3.05) is 39.5 Å². The van der Waals surface area contributed by atoms with Gasteiger partial charge in [0.2, 0.25) is 0 Å². The lowest BCUT2D eigenvalue weighted by atomic mass is 9.66. The van der Waals surface area contributed by atoms with Crippen molar-refractivity contribution in [3.05, 3.63) is 18.0 Å². The molecule has 24 heavy (non-hydrogen) atoms. The van der Waals surface area contributed by atoms with Crippen molar-refractivity contribution in [1.82, 2.24) is 14.7 Å². The molecule has 0 aromatic carbocycles. The first kappa shape index (κ1) is 16.6. The molecule has 1 atom stereocenters. The van der Waals surface area contributed by atoms with Gasteiger partial charge in [0.25, 0.3) is 0 Å². The lowest BCUT2D eigenvalue weighted by molar-refractivity contribution is -0.101. The van der Waals surface area contributed by atoms with Crippen LogP contribution in [0.1, 0.15) is 37.7 Å². The molecule has 134 valence electrons. The maximum atomic E-state index is 6.05. The average molecular weight is 333 g/mol. The van der Waals surface area contributed by atoms with Gasteiger partial charge in [-0.05, 0) is 56.5 Å². The topological polar surface area (TPSA) is 39.5 Å². The second-order valence-electron chi connectivity index (χ2n) is 8.16. The van der Waals surface area contributed by atoms with Gasteiger partial charge in [-0.1, -0.05) is 0 Å². The van der Waals surface area contributed by atoms with E-state index in [1.807, 2.05) is 17.9 Å². The molecular formula is C19H31N3O2. The number of aromatic nitrogens is 2. The van der Waals surface area contributed by atoms with Gasteiger partial charge in [-0.15, -0.1) is 0 Å². The maximum absolute atomic E-state index is 6.05. The van der Waals surface area contributed by atoms with Crippen molar-refractivity contribution in [2.24, 2.45) is 24.3 Å². The van der Waals surface area contributed by atoms with Crippen LogP contribution in [0, 0.1) is 17.3 Å². The summed E-state index contributed by atoms with van der Waals surface area (Å²) in [6.07, 6.45) is 10.7.